The highest BCUT2D eigenvalue weighted by Gasteiger charge is 2.47. The Hall–Kier alpha value is -2.64. The summed E-state index contributed by atoms with van der Waals surface area (Å²) in [5, 5.41) is 6.60. The molecule has 2 aromatic carbocycles. The Morgan fingerprint density at radius 3 is 2.50 bits per heavy atom. The number of halogens is 2. The van der Waals surface area contributed by atoms with Crippen LogP contribution in [-0.2, 0) is 21.5 Å². The normalized spacial score (nSPS) is 21.0. The minimum absolute atomic E-state index is 0.199. The molecular formula is C30H39ClFN3O3. The molecule has 38 heavy (non-hydrogen) atoms. The van der Waals surface area contributed by atoms with E-state index in [-0.39, 0.29) is 11.7 Å². The Bertz CT molecular complexity index is 1140. The van der Waals surface area contributed by atoms with E-state index >= 15 is 0 Å². The summed E-state index contributed by atoms with van der Waals surface area (Å²) in [4.78, 5) is 28.9. The molecule has 206 valence electrons. The molecule has 0 spiro atoms. The number of ether oxygens (including phenoxy) is 1. The van der Waals surface area contributed by atoms with Gasteiger partial charge in [-0.05, 0) is 120 Å². The second-order valence-corrected chi connectivity index (χ2v) is 12.0. The number of benzene rings is 2. The van der Waals surface area contributed by atoms with E-state index in [9.17, 15) is 14.0 Å². The van der Waals surface area contributed by atoms with Crippen molar-refractivity contribution in [1.29, 1.82) is 0 Å². The maximum atomic E-state index is 13.6. The van der Waals surface area contributed by atoms with Crippen molar-refractivity contribution in [3.63, 3.8) is 0 Å². The first kappa shape index (κ1) is 28.4. The topological polar surface area (TPSA) is 70.7 Å². The number of nitrogens with one attached hydrogen (secondary N) is 2. The number of hydrogen-bond acceptors (Lipinski definition) is 4. The Morgan fingerprint density at radius 2 is 1.84 bits per heavy atom. The number of carbonyl (C=O) groups is 2. The van der Waals surface area contributed by atoms with Gasteiger partial charge in [-0.3, -0.25) is 4.79 Å². The van der Waals surface area contributed by atoms with Crippen LogP contribution in [0.2, 0.25) is 5.02 Å². The van der Waals surface area contributed by atoms with Gasteiger partial charge in [-0.15, -0.1) is 0 Å². The fourth-order valence-electron chi connectivity index (χ4n) is 5.68. The maximum Gasteiger partial charge on any atom is 0.408 e. The summed E-state index contributed by atoms with van der Waals surface area (Å²) in [6, 6.07) is 12.6. The third kappa shape index (κ3) is 6.67. The van der Waals surface area contributed by atoms with Crippen molar-refractivity contribution in [2.45, 2.75) is 82.9 Å². The fourth-order valence-corrected chi connectivity index (χ4v) is 5.87. The Balaban J connectivity index is 1.35. The molecule has 2 atom stereocenters. The zero-order valence-electron chi connectivity index (χ0n) is 22.8. The molecule has 2 unspecified atom stereocenters. The standard InChI is InChI=1S/C30H39ClFN3O3/c1-20(35-17-13-22(14-18-35)21-5-8-25(32)9-6-21)12-16-33-27(36)30(34-28(37)38-29(2,3)4)15-11-23-19-24(31)7-10-26(23)30/h5-10,19-20,22H,11-18H2,1-4H3,(H,33,36)(H,34,37). The highest BCUT2D eigenvalue weighted by Crippen LogP contribution is 2.39. The third-order valence-corrected chi connectivity index (χ3v) is 7.98. The van der Waals surface area contributed by atoms with E-state index in [4.69, 9.17) is 16.3 Å². The molecule has 2 aliphatic rings. The average molecular weight is 544 g/mol. The number of rotatable bonds is 7. The number of carbonyl (C=O) groups excluding carboxylic acids is 2. The molecule has 8 heteroatoms. The van der Waals surface area contributed by atoms with Crippen molar-refractivity contribution >= 4 is 23.6 Å². The molecule has 0 aromatic heterocycles. The molecule has 0 radical (unpaired) electrons. The quantitative estimate of drug-likeness (QED) is 0.455. The van der Waals surface area contributed by atoms with Gasteiger partial charge in [0.15, 0.2) is 0 Å². The van der Waals surface area contributed by atoms with Crippen LogP contribution in [0.4, 0.5) is 9.18 Å². The van der Waals surface area contributed by atoms with Gasteiger partial charge < -0.3 is 20.3 Å². The SMILES string of the molecule is CC(CCNC(=O)C1(NC(=O)OC(C)(C)C)CCc2cc(Cl)ccc21)N1CCC(c2ccc(F)cc2)CC1. The van der Waals surface area contributed by atoms with Crippen LogP contribution in [0.5, 0.6) is 0 Å². The summed E-state index contributed by atoms with van der Waals surface area (Å²) in [6.07, 6.45) is 3.32. The predicted molar refractivity (Wildman–Crippen MR) is 148 cm³/mol. The summed E-state index contributed by atoms with van der Waals surface area (Å²) in [7, 11) is 0. The van der Waals surface area contributed by atoms with Crippen LogP contribution in [0.1, 0.15) is 76.0 Å². The van der Waals surface area contributed by atoms with E-state index in [1.54, 1.807) is 26.8 Å². The first-order valence-electron chi connectivity index (χ1n) is 13.5. The smallest absolute Gasteiger partial charge is 0.408 e. The average Bonchev–Trinajstić information content (AvgIpc) is 3.21. The molecule has 1 saturated heterocycles. The molecule has 0 saturated carbocycles. The minimum Gasteiger partial charge on any atom is -0.444 e. The number of likely N-dealkylation sites (tertiary alicyclic amines) is 1. The molecule has 2 N–H and O–H groups in total. The van der Waals surface area contributed by atoms with Crippen LogP contribution < -0.4 is 10.6 Å². The zero-order valence-corrected chi connectivity index (χ0v) is 23.5. The number of fused-ring (bicyclic) bond motifs is 1. The van der Waals surface area contributed by atoms with Crippen molar-refractivity contribution in [3.8, 4) is 0 Å². The third-order valence-electron chi connectivity index (χ3n) is 7.74. The van der Waals surface area contributed by atoms with Crippen molar-refractivity contribution < 1.29 is 18.7 Å². The largest absolute Gasteiger partial charge is 0.444 e. The summed E-state index contributed by atoms with van der Waals surface area (Å²) in [5.74, 6) is 0.0231. The van der Waals surface area contributed by atoms with Crippen LogP contribution in [0.25, 0.3) is 0 Å². The van der Waals surface area contributed by atoms with E-state index in [1.807, 2.05) is 24.3 Å². The lowest BCUT2D eigenvalue weighted by molar-refractivity contribution is -0.128. The summed E-state index contributed by atoms with van der Waals surface area (Å²) in [5.41, 5.74) is 1.05. The van der Waals surface area contributed by atoms with Gasteiger partial charge in [-0.2, -0.15) is 0 Å². The fraction of sp³-hybridized carbons (Fsp3) is 0.533. The first-order valence-corrected chi connectivity index (χ1v) is 13.9. The molecule has 0 bridgehead atoms. The van der Waals surface area contributed by atoms with Gasteiger partial charge in [0.1, 0.15) is 17.0 Å². The van der Waals surface area contributed by atoms with Crippen LogP contribution in [-0.4, -0.2) is 48.2 Å². The zero-order chi connectivity index (χ0) is 27.5. The Kier molecular flexibility index (Phi) is 8.68. The maximum absolute atomic E-state index is 13.6. The Morgan fingerprint density at radius 1 is 1.16 bits per heavy atom. The molecule has 6 nitrogen and oxygen atoms in total. The van der Waals surface area contributed by atoms with Gasteiger partial charge >= 0.3 is 6.09 Å². The molecule has 1 aliphatic carbocycles. The van der Waals surface area contributed by atoms with E-state index < -0.39 is 17.2 Å². The molecule has 1 aliphatic heterocycles. The second-order valence-electron chi connectivity index (χ2n) is 11.6. The van der Waals surface area contributed by atoms with Gasteiger partial charge in [-0.25, -0.2) is 9.18 Å². The summed E-state index contributed by atoms with van der Waals surface area (Å²) >= 11 is 6.20. The molecule has 4 rings (SSSR count). The first-order chi connectivity index (χ1) is 18.0. The van der Waals surface area contributed by atoms with Crippen LogP contribution in [0.15, 0.2) is 42.5 Å². The molecule has 2 amide bonds. The molecule has 1 fully saturated rings. The van der Waals surface area contributed by atoms with E-state index in [1.165, 1.54) is 17.7 Å². The molecular weight excluding hydrogens is 505 g/mol. The predicted octanol–water partition coefficient (Wildman–Crippen LogP) is 5.92. The van der Waals surface area contributed by atoms with Crippen LogP contribution >= 0.6 is 11.6 Å². The highest BCUT2D eigenvalue weighted by atomic mass is 35.5. The monoisotopic (exact) mass is 543 g/mol. The number of hydrogen-bond donors (Lipinski definition) is 2. The van der Waals surface area contributed by atoms with Crippen molar-refractivity contribution in [2.24, 2.45) is 0 Å². The van der Waals surface area contributed by atoms with Crippen LogP contribution in [0, 0.1) is 5.82 Å². The number of alkyl carbamates (subject to hydrolysis) is 1. The van der Waals surface area contributed by atoms with Crippen molar-refractivity contribution in [3.05, 3.63) is 70.0 Å². The van der Waals surface area contributed by atoms with Gasteiger partial charge in [0.2, 0.25) is 0 Å². The van der Waals surface area contributed by atoms with Crippen molar-refractivity contribution in [1.82, 2.24) is 15.5 Å². The van der Waals surface area contributed by atoms with Gasteiger partial charge in [0.05, 0.1) is 0 Å². The minimum atomic E-state index is -1.20. The lowest BCUT2D eigenvalue weighted by atomic mass is 9.88. The summed E-state index contributed by atoms with van der Waals surface area (Å²) in [6.45, 7) is 10.0. The highest BCUT2D eigenvalue weighted by molar-refractivity contribution is 6.30. The van der Waals surface area contributed by atoms with E-state index in [2.05, 4.69) is 22.5 Å². The van der Waals surface area contributed by atoms with E-state index in [0.29, 0.717) is 36.4 Å². The van der Waals surface area contributed by atoms with Gasteiger partial charge in [-0.1, -0.05) is 29.8 Å². The molecule has 2 aromatic rings. The number of nitrogens with zero attached hydrogens (tertiary/aromatic N) is 1. The second kappa shape index (κ2) is 11.6. The Labute approximate surface area is 230 Å². The molecule has 1 heterocycles. The van der Waals surface area contributed by atoms with E-state index in [0.717, 1.165) is 43.5 Å². The van der Waals surface area contributed by atoms with Gasteiger partial charge in [0.25, 0.3) is 5.91 Å². The summed E-state index contributed by atoms with van der Waals surface area (Å²) < 4.78 is 18.8. The lowest BCUT2D eigenvalue weighted by Crippen LogP contribution is -2.56. The van der Waals surface area contributed by atoms with Crippen LogP contribution in [0.3, 0.4) is 0 Å². The number of piperidine rings is 1. The number of aryl methyl sites for hydroxylation is 1. The van der Waals surface area contributed by atoms with Gasteiger partial charge in [0, 0.05) is 17.6 Å². The lowest BCUT2D eigenvalue weighted by Gasteiger charge is -2.36. The number of amides is 2. The van der Waals surface area contributed by atoms with Crippen molar-refractivity contribution in [2.75, 3.05) is 19.6 Å².